The summed E-state index contributed by atoms with van der Waals surface area (Å²) in [5.74, 6) is 1.14. The predicted octanol–water partition coefficient (Wildman–Crippen LogP) is 3.84. The summed E-state index contributed by atoms with van der Waals surface area (Å²) in [5.41, 5.74) is 3.41. The molecule has 0 atom stereocenters. The normalized spacial score (nSPS) is 11.5. The molecule has 1 aromatic carbocycles. The van der Waals surface area contributed by atoms with Crippen LogP contribution in [0, 0.1) is 0 Å². The molecule has 162 valence electrons. The maximum Gasteiger partial charge on any atom is 0.230 e. The number of rotatable bonds is 9. The highest BCUT2D eigenvalue weighted by atomic mass is 32.2. The van der Waals surface area contributed by atoms with Gasteiger partial charge in [0.15, 0.2) is 10.8 Å². The molecule has 0 saturated carbocycles. The molecule has 1 N–H and O–H groups in total. The van der Waals surface area contributed by atoms with Crippen LogP contribution in [-0.4, -0.2) is 48.5 Å². The van der Waals surface area contributed by atoms with E-state index >= 15 is 0 Å². The first-order valence-corrected chi connectivity index (χ1v) is 11.4. The average Bonchev–Trinajstić information content (AvgIpc) is 3.36. The first-order chi connectivity index (χ1) is 15.0. The summed E-state index contributed by atoms with van der Waals surface area (Å²) in [6.07, 6.45) is 5.90. The number of hydrogen-bond acceptors (Lipinski definition) is 6. The van der Waals surface area contributed by atoms with Gasteiger partial charge in [0, 0.05) is 24.0 Å². The third-order valence-electron chi connectivity index (χ3n) is 4.69. The Balaban J connectivity index is 1.54. The molecule has 3 aromatic heterocycles. The number of carbonyl (C=O) groups excluding carboxylic acids is 1. The van der Waals surface area contributed by atoms with Crippen LogP contribution in [0.5, 0.6) is 5.75 Å². The average molecular weight is 439 g/mol. The number of aromatic nitrogens is 5. The lowest BCUT2D eigenvalue weighted by atomic mass is 10.1. The van der Waals surface area contributed by atoms with Gasteiger partial charge in [0.05, 0.1) is 18.1 Å². The lowest BCUT2D eigenvalue weighted by Crippen LogP contribution is -2.31. The van der Waals surface area contributed by atoms with E-state index in [2.05, 4.69) is 27.5 Å². The van der Waals surface area contributed by atoms with Crippen molar-refractivity contribution in [3.8, 4) is 17.0 Å². The predicted molar refractivity (Wildman–Crippen MR) is 122 cm³/mol. The highest BCUT2D eigenvalue weighted by Crippen LogP contribution is 2.25. The van der Waals surface area contributed by atoms with Crippen LogP contribution in [0.25, 0.3) is 22.4 Å². The van der Waals surface area contributed by atoms with Crippen LogP contribution in [0.4, 0.5) is 0 Å². The smallest absolute Gasteiger partial charge is 0.230 e. The fourth-order valence-corrected chi connectivity index (χ4v) is 3.91. The summed E-state index contributed by atoms with van der Waals surface area (Å²) in [6.45, 7) is 6.76. The molecule has 31 heavy (non-hydrogen) atoms. The number of amides is 1. The van der Waals surface area contributed by atoms with Crippen molar-refractivity contribution in [2.75, 3.05) is 12.4 Å². The van der Waals surface area contributed by atoms with E-state index in [0.717, 1.165) is 42.0 Å². The number of thioether (sulfide) groups is 1. The molecule has 9 heteroatoms. The molecule has 0 aliphatic carbocycles. The van der Waals surface area contributed by atoms with Crippen LogP contribution in [0.15, 0.2) is 47.9 Å². The SMILES string of the molecule is CCCCOc1ccc(-c2cc3c4nnc(SCC(=O)NC(C)C)n4ccn3n2)cc1. The fraction of sp³-hybridized carbons (Fsp3) is 0.364. The maximum atomic E-state index is 11.9. The van der Waals surface area contributed by atoms with Crippen molar-refractivity contribution in [1.82, 2.24) is 29.5 Å². The summed E-state index contributed by atoms with van der Waals surface area (Å²) in [6, 6.07) is 10.1. The number of carbonyl (C=O) groups is 1. The van der Waals surface area contributed by atoms with Crippen molar-refractivity contribution in [3.05, 3.63) is 42.7 Å². The van der Waals surface area contributed by atoms with Gasteiger partial charge < -0.3 is 10.1 Å². The van der Waals surface area contributed by atoms with Gasteiger partial charge in [-0.3, -0.25) is 9.20 Å². The summed E-state index contributed by atoms with van der Waals surface area (Å²) < 4.78 is 9.42. The van der Waals surface area contributed by atoms with Gasteiger partial charge in [-0.25, -0.2) is 4.52 Å². The van der Waals surface area contributed by atoms with E-state index in [1.807, 2.05) is 61.0 Å². The van der Waals surface area contributed by atoms with E-state index in [4.69, 9.17) is 4.74 Å². The van der Waals surface area contributed by atoms with E-state index in [1.54, 1.807) is 4.52 Å². The van der Waals surface area contributed by atoms with E-state index in [-0.39, 0.29) is 11.9 Å². The minimum absolute atomic E-state index is 0.0217. The quantitative estimate of drug-likeness (QED) is 0.316. The molecule has 8 nitrogen and oxygen atoms in total. The molecule has 0 radical (unpaired) electrons. The summed E-state index contributed by atoms with van der Waals surface area (Å²) in [7, 11) is 0. The number of nitrogens with one attached hydrogen (secondary N) is 1. The van der Waals surface area contributed by atoms with Gasteiger partial charge in [0.1, 0.15) is 11.3 Å². The van der Waals surface area contributed by atoms with Crippen LogP contribution in [0.2, 0.25) is 0 Å². The second kappa shape index (κ2) is 9.38. The van der Waals surface area contributed by atoms with Crippen LogP contribution in [0.3, 0.4) is 0 Å². The van der Waals surface area contributed by atoms with Gasteiger partial charge in [-0.05, 0) is 50.6 Å². The number of fused-ring (bicyclic) bond motifs is 3. The Labute approximate surface area is 185 Å². The standard InChI is InChI=1S/C22H26N6O2S/c1-4-5-12-30-17-8-6-16(7-9-17)18-13-19-21-24-25-22(27(21)10-11-28(19)26-18)31-14-20(29)23-15(2)3/h6-11,13,15H,4-5,12,14H2,1-3H3,(H,23,29). The van der Waals surface area contributed by atoms with Crippen molar-refractivity contribution in [1.29, 1.82) is 0 Å². The van der Waals surface area contributed by atoms with Crippen LogP contribution in [0.1, 0.15) is 33.6 Å². The number of hydrogen-bond donors (Lipinski definition) is 1. The van der Waals surface area contributed by atoms with E-state index < -0.39 is 0 Å². The van der Waals surface area contributed by atoms with Gasteiger partial charge in [-0.15, -0.1) is 10.2 Å². The molecule has 4 aromatic rings. The first-order valence-electron chi connectivity index (χ1n) is 10.4. The third-order valence-corrected chi connectivity index (χ3v) is 5.63. The van der Waals surface area contributed by atoms with Crippen molar-refractivity contribution < 1.29 is 9.53 Å². The molecule has 0 unspecified atom stereocenters. The molecule has 0 aliphatic rings. The number of ether oxygens (including phenoxy) is 1. The largest absolute Gasteiger partial charge is 0.494 e. The molecule has 0 saturated heterocycles. The molecule has 4 rings (SSSR count). The number of unbranched alkanes of at least 4 members (excludes halogenated alkanes) is 1. The van der Waals surface area contributed by atoms with E-state index in [0.29, 0.717) is 16.6 Å². The molecule has 3 heterocycles. The molecule has 0 spiro atoms. The molecular formula is C22H26N6O2S. The highest BCUT2D eigenvalue weighted by molar-refractivity contribution is 7.99. The zero-order chi connectivity index (χ0) is 21.8. The zero-order valence-corrected chi connectivity index (χ0v) is 18.7. The Kier molecular flexibility index (Phi) is 6.41. The first kappa shape index (κ1) is 21.2. The number of benzene rings is 1. The van der Waals surface area contributed by atoms with Gasteiger partial charge in [-0.1, -0.05) is 25.1 Å². The lowest BCUT2D eigenvalue weighted by molar-refractivity contribution is -0.119. The fourth-order valence-electron chi connectivity index (χ4n) is 3.18. The van der Waals surface area contributed by atoms with Crippen LogP contribution >= 0.6 is 11.8 Å². The third kappa shape index (κ3) is 4.82. The summed E-state index contributed by atoms with van der Waals surface area (Å²) >= 11 is 1.36. The minimum atomic E-state index is -0.0217. The molecule has 0 aliphatic heterocycles. The Morgan fingerprint density at radius 1 is 1.19 bits per heavy atom. The maximum absolute atomic E-state index is 11.9. The molecule has 0 fully saturated rings. The Morgan fingerprint density at radius 2 is 2.00 bits per heavy atom. The van der Waals surface area contributed by atoms with Crippen molar-refractivity contribution in [2.45, 2.75) is 44.8 Å². The topological polar surface area (TPSA) is 85.8 Å². The van der Waals surface area contributed by atoms with Crippen molar-refractivity contribution in [2.24, 2.45) is 0 Å². The second-order valence-corrected chi connectivity index (χ2v) is 8.51. The van der Waals surface area contributed by atoms with Gasteiger partial charge in [-0.2, -0.15) is 5.10 Å². The number of nitrogens with zero attached hydrogens (tertiary/aromatic N) is 5. The summed E-state index contributed by atoms with van der Waals surface area (Å²) in [5, 5.41) is 16.8. The van der Waals surface area contributed by atoms with E-state index in [1.165, 1.54) is 11.8 Å². The highest BCUT2D eigenvalue weighted by Gasteiger charge is 2.14. The zero-order valence-electron chi connectivity index (χ0n) is 17.9. The van der Waals surface area contributed by atoms with Gasteiger partial charge in [0.2, 0.25) is 5.91 Å². The van der Waals surface area contributed by atoms with Gasteiger partial charge >= 0.3 is 0 Å². The lowest BCUT2D eigenvalue weighted by Gasteiger charge is -2.07. The second-order valence-electron chi connectivity index (χ2n) is 7.57. The Hall–Kier alpha value is -3.07. The van der Waals surface area contributed by atoms with Crippen LogP contribution < -0.4 is 10.1 Å². The van der Waals surface area contributed by atoms with E-state index in [9.17, 15) is 4.79 Å². The minimum Gasteiger partial charge on any atom is -0.494 e. The van der Waals surface area contributed by atoms with Gasteiger partial charge in [0.25, 0.3) is 0 Å². The molecule has 0 bridgehead atoms. The van der Waals surface area contributed by atoms with Crippen molar-refractivity contribution >= 4 is 28.8 Å². The van der Waals surface area contributed by atoms with Crippen molar-refractivity contribution in [3.63, 3.8) is 0 Å². The monoisotopic (exact) mass is 438 g/mol. The summed E-state index contributed by atoms with van der Waals surface area (Å²) in [4.78, 5) is 11.9. The van der Waals surface area contributed by atoms with Crippen LogP contribution in [-0.2, 0) is 4.79 Å². The molecular weight excluding hydrogens is 412 g/mol. The Morgan fingerprint density at radius 3 is 2.74 bits per heavy atom. The Bertz CT molecular complexity index is 1180. The molecule has 1 amide bonds.